The maximum Gasteiger partial charge on any atom is 0.352 e. The van der Waals surface area contributed by atoms with Crippen LogP contribution >= 0.6 is 0 Å². The molecule has 0 aliphatic carbocycles. The first-order valence-corrected chi connectivity index (χ1v) is 2.09. The van der Waals surface area contributed by atoms with Crippen molar-refractivity contribution in [2.45, 2.75) is 0 Å². The molecule has 0 amide bonds. The number of rotatable bonds is 1. The maximum absolute atomic E-state index is 10.1. The van der Waals surface area contributed by atoms with Crippen molar-refractivity contribution >= 4 is 5.97 Å². The van der Waals surface area contributed by atoms with Crippen molar-refractivity contribution in [3.05, 3.63) is 24.0 Å². The van der Waals surface area contributed by atoms with E-state index in [2.05, 4.69) is 4.98 Å². The van der Waals surface area contributed by atoms with E-state index in [1.165, 1.54) is 12.3 Å². The number of aromatic nitrogens is 1. The highest BCUT2D eigenvalue weighted by atomic mass is 16.4. The predicted octanol–water partition coefficient (Wildman–Crippen LogP) is 0.713. The normalized spacial score (nSPS) is 10.8. The number of hydrogen-bond donors (Lipinski definition) is 2. The van der Waals surface area contributed by atoms with E-state index < -0.39 is 5.97 Å². The molecule has 42 valence electrons. The van der Waals surface area contributed by atoms with E-state index >= 15 is 0 Å². The Balaban J connectivity index is 3.08. The molecule has 3 heteroatoms. The van der Waals surface area contributed by atoms with Crippen LogP contribution in [-0.2, 0) is 0 Å². The van der Waals surface area contributed by atoms with Gasteiger partial charge in [0.05, 0.1) is 1.37 Å². The summed E-state index contributed by atoms with van der Waals surface area (Å²) in [5, 5.41) is 8.30. The number of carboxylic acids is 1. The molecule has 0 saturated carbocycles. The number of aromatic amines is 1. The lowest BCUT2D eigenvalue weighted by Crippen LogP contribution is -1.94. The van der Waals surface area contributed by atoms with Crippen LogP contribution in [0.3, 0.4) is 0 Å². The van der Waals surface area contributed by atoms with Crippen molar-refractivity contribution in [1.29, 1.82) is 0 Å². The van der Waals surface area contributed by atoms with Crippen molar-refractivity contribution in [1.82, 2.24) is 4.98 Å². The predicted molar refractivity (Wildman–Crippen MR) is 27.8 cm³/mol. The van der Waals surface area contributed by atoms with E-state index in [0.29, 0.717) is 0 Å². The molecule has 0 fully saturated rings. The van der Waals surface area contributed by atoms with Crippen LogP contribution in [0.15, 0.2) is 18.3 Å². The fourth-order valence-corrected chi connectivity index (χ4v) is 0.415. The number of H-pyrrole nitrogens is 1. The van der Waals surface area contributed by atoms with Gasteiger partial charge in [-0.3, -0.25) is 0 Å². The summed E-state index contributed by atoms with van der Waals surface area (Å²) in [5.41, 5.74) is -0.0602. The minimum Gasteiger partial charge on any atom is -0.477 e. The van der Waals surface area contributed by atoms with Crippen LogP contribution in [0.1, 0.15) is 11.9 Å². The molecule has 8 heavy (non-hydrogen) atoms. The van der Waals surface area contributed by atoms with Crippen molar-refractivity contribution in [2.75, 3.05) is 0 Å². The minimum absolute atomic E-state index is 0.0162. The second-order valence-corrected chi connectivity index (χ2v) is 1.30. The van der Waals surface area contributed by atoms with Crippen LogP contribution in [0.25, 0.3) is 0 Å². The summed E-state index contributed by atoms with van der Waals surface area (Å²) in [6, 6.07) is 1.41. The van der Waals surface area contributed by atoms with Gasteiger partial charge in [-0.25, -0.2) is 4.79 Å². The Hall–Kier alpha value is -1.25. The average Bonchev–Trinajstić information content (AvgIpc) is 2.13. The molecule has 2 N–H and O–H groups in total. The van der Waals surface area contributed by atoms with Gasteiger partial charge in [0.25, 0.3) is 0 Å². The Morgan fingerprint density at radius 3 is 3.00 bits per heavy atom. The SMILES string of the molecule is [2H]c1cc[nH]c1C(=O)O. The van der Waals surface area contributed by atoms with Gasteiger partial charge in [0.1, 0.15) is 5.69 Å². The average molecular weight is 112 g/mol. The van der Waals surface area contributed by atoms with E-state index in [9.17, 15) is 4.79 Å². The topological polar surface area (TPSA) is 53.1 Å². The minimum atomic E-state index is -1.09. The Kier molecular flexibility index (Phi) is 0.787. The van der Waals surface area contributed by atoms with Crippen molar-refractivity contribution < 1.29 is 11.3 Å². The van der Waals surface area contributed by atoms with Crippen molar-refractivity contribution in [3.63, 3.8) is 0 Å². The van der Waals surface area contributed by atoms with Gasteiger partial charge in [0.15, 0.2) is 0 Å². The zero-order valence-electron chi connectivity index (χ0n) is 5.01. The number of carboxylic acid groups (broad SMARTS) is 1. The molecule has 0 aliphatic heterocycles. The Morgan fingerprint density at radius 2 is 2.75 bits per heavy atom. The van der Waals surface area contributed by atoms with Gasteiger partial charge < -0.3 is 10.1 Å². The standard InChI is InChI=1S/C5H5NO2/c7-5(8)4-2-1-3-6-4/h1-3,6H,(H,7,8)/i2D. The van der Waals surface area contributed by atoms with Gasteiger partial charge in [-0.15, -0.1) is 0 Å². The van der Waals surface area contributed by atoms with Crippen LogP contribution in [0.2, 0.25) is 0 Å². The molecule has 0 bridgehead atoms. The zero-order chi connectivity index (χ0) is 6.85. The molecule has 0 saturated heterocycles. The second-order valence-electron chi connectivity index (χ2n) is 1.30. The van der Waals surface area contributed by atoms with Gasteiger partial charge in [-0.1, -0.05) is 0 Å². The summed E-state index contributed by atoms with van der Waals surface area (Å²) in [6.07, 6.45) is 1.42. The highest BCUT2D eigenvalue weighted by Crippen LogP contribution is 1.91. The molecule has 3 nitrogen and oxygen atoms in total. The molecular weight excluding hydrogens is 106 g/mol. The molecule has 0 atom stereocenters. The fourth-order valence-electron chi connectivity index (χ4n) is 0.415. The smallest absolute Gasteiger partial charge is 0.352 e. The van der Waals surface area contributed by atoms with Crippen LogP contribution in [-0.4, -0.2) is 16.1 Å². The van der Waals surface area contributed by atoms with E-state index in [4.69, 9.17) is 6.48 Å². The third-order valence-electron chi connectivity index (χ3n) is 0.753. The number of nitrogens with one attached hydrogen (secondary N) is 1. The molecule has 1 aromatic heterocycles. The molecule has 0 radical (unpaired) electrons. The second kappa shape index (κ2) is 1.69. The first-order valence-electron chi connectivity index (χ1n) is 2.59. The summed E-state index contributed by atoms with van der Waals surface area (Å²) in [4.78, 5) is 12.5. The fraction of sp³-hybridized carbons (Fsp3) is 0. The summed E-state index contributed by atoms with van der Waals surface area (Å²) < 4.78 is 6.97. The Labute approximate surface area is 47.4 Å². The van der Waals surface area contributed by atoms with Gasteiger partial charge in [-0.2, -0.15) is 0 Å². The summed E-state index contributed by atoms with van der Waals surface area (Å²) >= 11 is 0. The highest BCUT2D eigenvalue weighted by molar-refractivity contribution is 5.85. The molecule has 1 heterocycles. The Bertz CT molecular complexity index is 231. The number of hydrogen-bond acceptors (Lipinski definition) is 1. The Morgan fingerprint density at radius 1 is 2.00 bits per heavy atom. The molecule has 1 aromatic rings. The summed E-state index contributed by atoms with van der Waals surface area (Å²) in [5.74, 6) is -1.09. The third-order valence-corrected chi connectivity index (χ3v) is 0.753. The maximum atomic E-state index is 10.1. The van der Waals surface area contributed by atoms with E-state index in [0.717, 1.165) is 0 Å². The molecule has 0 spiro atoms. The molecule has 0 aliphatic rings. The molecule has 1 rings (SSSR count). The summed E-state index contributed by atoms with van der Waals surface area (Å²) in [7, 11) is 0. The van der Waals surface area contributed by atoms with Gasteiger partial charge >= 0.3 is 5.97 Å². The monoisotopic (exact) mass is 112 g/mol. The summed E-state index contributed by atoms with van der Waals surface area (Å²) in [6.45, 7) is 0. The quantitative estimate of drug-likeness (QED) is 0.562. The van der Waals surface area contributed by atoms with Gasteiger partial charge in [-0.05, 0) is 12.1 Å². The molecular formula is C5H5NO2. The van der Waals surface area contributed by atoms with Crippen molar-refractivity contribution in [3.8, 4) is 0 Å². The van der Waals surface area contributed by atoms with Gasteiger partial charge in [0, 0.05) is 6.20 Å². The first-order chi connectivity index (χ1) is 4.22. The highest BCUT2D eigenvalue weighted by Gasteiger charge is 1.98. The van der Waals surface area contributed by atoms with Gasteiger partial charge in [0.2, 0.25) is 0 Å². The van der Waals surface area contributed by atoms with E-state index in [1.807, 2.05) is 0 Å². The lowest BCUT2D eigenvalue weighted by Gasteiger charge is -1.80. The van der Waals surface area contributed by atoms with Crippen LogP contribution in [0.5, 0.6) is 0 Å². The lowest BCUT2D eigenvalue weighted by atomic mass is 10.4. The van der Waals surface area contributed by atoms with E-state index in [1.54, 1.807) is 0 Å². The first kappa shape index (κ1) is 3.72. The van der Waals surface area contributed by atoms with Crippen LogP contribution in [0, 0.1) is 0 Å². The number of aromatic carboxylic acids is 1. The molecule has 0 aromatic carbocycles. The van der Waals surface area contributed by atoms with Crippen molar-refractivity contribution in [2.24, 2.45) is 0 Å². The lowest BCUT2D eigenvalue weighted by molar-refractivity contribution is 0.0691. The third kappa shape index (κ3) is 0.703. The molecule has 0 unspecified atom stereocenters. The zero-order valence-corrected chi connectivity index (χ0v) is 4.01. The van der Waals surface area contributed by atoms with E-state index in [-0.39, 0.29) is 11.7 Å². The number of carbonyl (C=O) groups is 1. The van der Waals surface area contributed by atoms with Crippen LogP contribution in [0.4, 0.5) is 0 Å². The van der Waals surface area contributed by atoms with Crippen LogP contribution < -0.4 is 0 Å². The largest absolute Gasteiger partial charge is 0.477 e.